The predicted molar refractivity (Wildman–Crippen MR) is 81.2 cm³/mol. The van der Waals surface area contributed by atoms with Crippen LogP contribution >= 0.6 is 38.9 Å². The summed E-state index contributed by atoms with van der Waals surface area (Å²) in [7, 11) is -3.87. The molecule has 9 heteroatoms. The molecule has 0 fully saturated rings. The molecule has 20 heavy (non-hydrogen) atoms. The number of thiophene rings is 1. The second kappa shape index (κ2) is 5.72. The van der Waals surface area contributed by atoms with Crippen molar-refractivity contribution in [3.8, 4) is 0 Å². The Hall–Kier alpha value is -1.09. The summed E-state index contributed by atoms with van der Waals surface area (Å²) >= 11 is 9.76. The zero-order valence-electron chi connectivity index (χ0n) is 9.63. The lowest BCUT2D eigenvalue weighted by Gasteiger charge is -2.09. The minimum atomic E-state index is -3.87. The molecule has 0 saturated heterocycles. The maximum absolute atomic E-state index is 12.1. The Balaban J connectivity index is 2.44. The molecule has 0 aliphatic heterocycles. The van der Waals surface area contributed by atoms with Crippen molar-refractivity contribution in [2.24, 2.45) is 0 Å². The third kappa shape index (κ3) is 3.32. The van der Waals surface area contributed by atoms with E-state index in [1.807, 2.05) is 0 Å². The smallest absolute Gasteiger partial charge is 0.337 e. The van der Waals surface area contributed by atoms with Crippen molar-refractivity contribution >= 4 is 60.5 Å². The van der Waals surface area contributed by atoms with Crippen molar-refractivity contribution in [3.05, 3.63) is 44.7 Å². The van der Waals surface area contributed by atoms with Gasteiger partial charge in [0.1, 0.15) is 4.21 Å². The van der Waals surface area contributed by atoms with Gasteiger partial charge >= 0.3 is 5.97 Å². The van der Waals surface area contributed by atoms with E-state index in [4.69, 9.17) is 16.7 Å². The first-order chi connectivity index (χ1) is 9.29. The van der Waals surface area contributed by atoms with Crippen LogP contribution in [-0.2, 0) is 10.0 Å². The van der Waals surface area contributed by atoms with Crippen molar-refractivity contribution in [3.63, 3.8) is 0 Å². The van der Waals surface area contributed by atoms with Crippen LogP contribution in [0.25, 0.3) is 0 Å². The summed E-state index contributed by atoms with van der Waals surface area (Å²) < 4.78 is 27.4. The van der Waals surface area contributed by atoms with E-state index < -0.39 is 16.0 Å². The molecule has 0 amide bonds. The van der Waals surface area contributed by atoms with Gasteiger partial charge in [0, 0.05) is 4.47 Å². The lowest BCUT2D eigenvalue weighted by molar-refractivity contribution is 0.0698. The molecule has 0 aliphatic carbocycles. The molecule has 2 aromatic rings. The van der Waals surface area contributed by atoms with Gasteiger partial charge in [0.05, 0.1) is 15.6 Å². The number of halogens is 2. The van der Waals surface area contributed by atoms with Gasteiger partial charge in [0.15, 0.2) is 0 Å². The molecule has 0 unspecified atom stereocenters. The second-order valence-electron chi connectivity index (χ2n) is 3.66. The van der Waals surface area contributed by atoms with E-state index in [0.717, 1.165) is 11.3 Å². The SMILES string of the molecule is O=C(O)c1ccc(Br)cc1NS(=O)(=O)c1ccc(Cl)s1. The first-order valence-corrected chi connectivity index (χ1v) is 8.57. The summed E-state index contributed by atoms with van der Waals surface area (Å²) in [6, 6.07) is 7.03. The number of aromatic carboxylic acids is 1. The van der Waals surface area contributed by atoms with Gasteiger partial charge in [0.2, 0.25) is 0 Å². The lowest BCUT2D eigenvalue weighted by Crippen LogP contribution is -2.14. The highest BCUT2D eigenvalue weighted by Crippen LogP contribution is 2.29. The van der Waals surface area contributed by atoms with E-state index in [9.17, 15) is 13.2 Å². The Bertz CT molecular complexity index is 772. The number of nitrogens with one attached hydrogen (secondary N) is 1. The molecule has 106 valence electrons. The molecule has 1 aromatic carbocycles. The van der Waals surface area contributed by atoms with Gasteiger partial charge in [-0.2, -0.15) is 0 Å². The zero-order chi connectivity index (χ0) is 14.9. The summed E-state index contributed by atoms with van der Waals surface area (Å²) in [5.74, 6) is -1.22. The van der Waals surface area contributed by atoms with Crippen molar-refractivity contribution in [2.75, 3.05) is 4.72 Å². The Labute approximate surface area is 132 Å². The van der Waals surface area contributed by atoms with Gasteiger partial charge in [-0.3, -0.25) is 4.72 Å². The van der Waals surface area contributed by atoms with E-state index >= 15 is 0 Å². The van der Waals surface area contributed by atoms with Gasteiger partial charge in [0.25, 0.3) is 10.0 Å². The molecule has 0 atom stereocenters. The molecule has 0 spiro atoms. The average Bonchev–Trinajstić information content (AvgIpc) is 2.75. The number of anilines is 1. The molecule has 0 radical (unpaired) electrons. The maximum Gasteiger partial charge on any atom is 0.337 e. The Kier molecular flexibility index (Phi) is 4.38. The Morgan fingerprint density at radius 2 is 2.00 bits per heavy atom. The van der Waals surface area contributed by atoms with Crippen LogP contribution in [-0.4, -0.2) is 19.5 Å². The Morgan fingerprint density at radius 1 is 1.30 bits per heavy atom. The largest absolute Gasteiger partial charge is 0.478 e. The number of sulfonamides is 1. The number of carboxylic acids is 1. The van der Waals surface area contributed by atoms with Crippen LogP contribution in [0.2, 0.25) is 4.34 Å². The average molecular weight is 397 g/mol. The molecule has 1 heterocycles. The van der Waals surface area contributed by atoms with Gasteiger partial charge < -0.3 is 5.11 Å². The van der Waals surface area contributed by atoms with Crippen LogP contribution in [0.1, 0.15) is 10.4 Å². The van der Waals surface area contributed by atoms with Crippen LogP contribution in [0, 0.1) is 0 Å². The van der Waals surface area contributed by atoms with Crippen molar-refractivity contribution in [1.82, 2.24) is 0 Å². The molecule has 0 saturated carbocycles. The number of carbonyl (C=O) groups is 1. The maximum atomic E-state index is 12.1. The van der Waals surface area contributed by atoms with Crippen molar-refractivity contribution < 1.29 is 18.3 Å². The molecular formula is C11H7BrClNO4S2. The van der Waals surface area contributed by atoms with Crippen LogP contribution < -0.4 is 4.72 Å². The highest BCUT2D eigenvalue weighted by Gasteiger charge is 2.20. The van der Waals surface area contributed by atoms with Crippen LogP contribution in [0.3, 0.4) is 0 Å². The molecular weight excluding hydrogens is 390 g/mol. The van der Waals surface area contributed by atoms with Gasteiger partial charge in [-0.25, -0.2) is 13.2 Å². The highest BCUT2D eigenvalue weighted by molar-refractivity contribution is 9.10. The summed E-state index contributed by atoms with van der Waals surface area (Å²) in [5, 5.41) is 9.06. The minimum Gasteiger partial charge on any atom is -0.478 e. The molecule has 0 bridgehead atoms. The van der Waals surface area contributed by atoms with E-state index in [1.165, 1.54) is 30.3 Å². The number of hydrogen-bond acceptors (Lipinski definition) is 4. The second-order valence-corrected chi connectivity index (χ2v) is 8.20. The fourth-order valence-corrected chi connectivity index (χ4v) is 4.34. The lowest BCUT2D eigenvalue weighted by atomic mass is 10.2. The monoisotopic (exact) mass is 395 g/mol. The summed E-state index contributed by atoms with van der Waals surface area (Å²) in [6.07, 6.45) is 0. The topological polar surface area (TPSA) is 83.5 Å². The standard InChI is InChI=1S/C11H7BrClNO4S2/c12-6-1-2-7(11(15)16)8(5-6)14-20(17,18)10-4-3-9(13)19-10/h1-5,14H,(H,15,16). The fourth-order valence-electron chi connectivity index (χ4n) is 1.42. The Morgan fingerprint density at radius 3 is 2.55 bits per heavy atom. The normalized spacial score (nSPS) is 11.3. The number of hydrogen-bond donors (Lipinski definition) is 2. The third-order valence-electron chi connectivity index (χ3n) is 2.27. The fraction of sp³-hybridized carbons (Fsp3) is 0. The molecule has 2 rings (SSSR count). The minimum absolute atomic E-state index is 0.0128. The van der Waals surface area contributed by atoms with Gasteiger partial charge in [-0.15, -0.1) is 11.3 Å². The van der Waals surface area contributed by atoms with Crippen molar-refractivity contribution in [1.29, 1.82) is 0 Å². The van der Waals surface area contributed by atoms with Gasteiger partial charge in [-0.1, -0.05) is 27.5 Å². The number of carboxylic acid groups (broad SMARTS) is 1. The van der Waals surface area contributed by atoms with Crippen molar-refractivity contribution in [2.45, 2.75) is 4.21 Å². The van der Waals surface area contributed by atoms with Crippen LogP contribution in [0.5, 0.6) is 0 Å². The highest BCUT2D eigenvalue weighted by atomic mass is 79.9. The van der Waals surface area contributed by atoms with E-state index in [2.05, 4.69) is 20.7 Å². The summed E-state index contributed by atoms with van der Waals surface area (Å²) in [6.45, 7) is 0. The van der Waals surface area contributed by atoms with E-state index in [-0.39, 0.29) is 15.5 Å². The van der Waals surface area contributed by atoms with E-state index in [1.54, 1.807) is 0 Å². The molecule has 2 N–H and O–H groups in total. The number of benzene rings is 1. The third-order valence-corrected chi connectivity index (χ3v) is 5.85. The quantitative estimate of drug-likeness (QED) is 0.826. The zero-order valence-corrected chi connectivity index (χ0v) is 13.6. The summed E-state index contributed by atoms with van der Waals surface area (Å²) in [5.41, 5.74) is -0.157. The number of rotatable bonds is 4. The molecule has 0 aliphatic rings. The summed E-state index contributed by atoms with van der Waals surface area (Å²) in [4.78, 5) is 11.1. The first-order valence-electron chi connectivity index (χ1n) is 5.10. The molecule has 5 nitrogen and oxygen atoms in total. The molecule has 1 aromatic heterocycles. The van der Waals surface area contributed by atoms with Crippen LogP contribution in [0.4, 0.5) is 5.69 Å². The van der Waals surface area contributed by atoms with Gasteiger partial charge in [-0.05, 0) is 30.3 Å². The van der Waals surface area contributed by atoms with Crippen LogP contribution in [0.15, 0.2) is 39.0 Å². The predicted octanol–water partition coefficient (Wildman–Crippen LogP) is 3.66. The first kappa shape index (κ1) is 15.3. The van der Waals surface area contributed by atoms with E-state index in [0.29, 0.717) is 8.81 Å².